The number of benzene rings is 2. The van der Waals surface area contributed by atoms with Gasteiger partial charge in [-0.1, -0.05) is 24.3 Å². The molecule has 1 unspecified atom stereocenters. The van der Waals surface area contributed by atoms with E-state index in [1.54, 1.807) is 12.1 Å². The smallest absolute Gasteiger partial charge is 0.238 e. The molecule has 1 heterocycles. The minimum atomic E-state index is -0.710. The maximum Gasteiger partial charge on any atom is 0.238 e. The van der Waals surface area contributed by atoms with Crippen LogP contribution in [-0.4, -0.2) is 85.0 Å². The Balaban J connectivity index is 1.40. The van der Waals surface area contributed by atoms with Gasteiger partial charge in [0.1, 0.15) is 12.7 Å². The van der Waals surface area contributed by atoms with Crippen LogP contribution in [0.5, 0.6) is 17.2 Å². The summed E-state index contributed by atoms with van der Waals surface area (Å²) in [5.41, 5.74) is 3.00. The zero-order valence-corrected chi connectivity index (χ0v) is 19.0. The predicted octanol–water partition coefficient (Wildman–Crippen LogP) is 2.01. The molecule has 0 radical (unpaired) electrons. The van der Waals surface area contributed by atoms with E-state index in [0.29, 0.717) is 18.8 Å². The topological polar surface area (TPSA) is 94.5 Å². The number of hydrogen-bond donors (Lipinski definition) is 3. The number of hydrogen-bond acceptors (Lipinski definition) is 7. The van der Waals surface area contributed by atoms with Gasteiger partial charge in [-0.25, -0.2) is 0 Å². The predicted molar refractivity (Wildman–Crippen MR) is 124 cm³/mol. The number of nitrogens with zero attached hydrogens (tertiary/aromatic N) is 2. The van der Waals surface area contributed by atoms with Crippen LogP contribution in [0.15, 0.2) is 36.4 Å². The molecule has 8 heteroatoms. The highest BCUT2D eigenvalue weighted by Crippen LogP contribution is 2.35. The normalized spacial score (nSPS) is 15.9. The zero-order valence-electron chi connectivity index (χ0n) is 19.0. The van der Waals surface area contributed by atoms with Gasteiger partial charge in [0.05, 0.1) is 13.7 Å². The SMILES string of the molecule is COc1cccc(O)c1OCC(O)CN1CCN(CC(=O)Nc2c(C)cccc2C)CC1. The third-order valence-electron chi connectivity index (χ3n) is 5.64. The van der Waals surface area contributed by atoms with E-state index in [4.69, 9.17) is 9.47 Å². The molecule has 3 rings (SSSR count). The summed E-state index contributed by atoms with van der Waals surface area (Å²) in [6.07, 6.45) is -0.710. The number of para-hydroxylation sites is 2. The molecule has 0 aliphatic carbocycles. The van der Waals surface area contributed by atoms with E-state index in [-0.39, 0.29) is 24.0 Å². The Morgan fingerprint density at radius 1 is 1.06 bits per heavy atom. The van der Waals surface area contributed by atoms with Crippen molar-refractivity contribution in [3.63, 3.8) is 0 Å². The molecule has 0 aromatic heterocycles. The van der Waals surface area contributed by atoms with Gasteiger partial charge in [-0.3, -0.25) is 14.6 Å². The summed E-state index contributed by atoms with van der Waals surface area (Å²) in [6.45, 7) is 7.85. The summed E-state index contributed by atoms with van der Waals surface area (Å²) in [4.78, 5) is 16.8. The van der Waals surface area contributed by atoms with Crippen molar-refractivity contribution in [1.82, 2.24) is 9.80 Å². The molecule has 1 aliphatic heterocycles. The van der Waals surface area contributed by atoms with Crippen LogP contribution >= 0.6 is 0 Å². The highest BCUT2D eigenvalue weighted by atomic mass is 16.5. The second-order valence-corrected chi connectivity index (χ2v) is 8.17. The number of rotatable bonds is 9. The maximum atomic E-state index is 12.5. The number of phenols is 1. The molecule has 1 aliphatic rings. The van der Waals surface area contributed by atoms with Gasteiger partial charge in [0, 0.05) is 38.4 Å². The molecule has 8 nitrogen and oxygen atoms in total. The van der Waals surface area contributed by atoms with E-state index < -0.39 is 6.10 Å². The Bertz CT molecular complexity index is 892. The molecule has 1 saturated heterocycles. The number of aliphatic hydroxyl groups excluding tert-OH is 1. The van der Waals surface area contributed by atoms with Crippen molar-refractivity contribution in [2.45, 2.75) is 20.0 Å². The van der Waals surface area contributed by atoms with E-state index in [1.165, 1.54) is 13.2 Å². The van der Waals surface area contributed by atoms with Gasteiger partial charge < -0.3 is 25.0 Å². The molecule has 0 bridgehead atoms. The van der Waals surface area contributed by atoms with E-state index in [2.05, 4.69) is 15.1 Å². The van der Waals surface area contributed by atoms with Gasteiger partial charge in [0.25, 0.3) is 0 Å². The third kappa shape index (κ3) is 6.35. The fourth-order valence-corrected chi connectivity index (χ4v) is 3.86. The lowest BCUT2D eigenvalue weighted by Gasteiger charge is -2.35. The quantitative estimate of drug-likeness (QED) is 0.546. The van der Waals surface area contributed by atoms with Crippen LogP contribution in [0.2, 0.25) is 0 Å². The van der Waals surface area contributed by atoms with Gasteiger partial charge in [-0.05, 0) is 37.1 Å². The number of nitrogens with one attached hydrogen (secondary N) is 1. The molecule has 3 N–H and O–H groups in total. The van der Waals surface area contributed by atoms with E-state index in [9.17, 15) is 15.0 Å². The first-order chi connectivity index (χ1) is 15.4. The summed E-state index contributed by atoms with van der Waals surface area (Å²) in [7, 11) is 1.50. The van der Waals surface area contributed by atoms with Crippen LogP contribution in [0.1, 0.15) is 11.1 Å². The molecule has 0 saturated carbocycles. The number of aromatic hydroxyl groups is 1. The first kappa shape index (κ1) is 23.8. The average molecular weight is 444 g/mol. The number of ether oxygens (including phenoxy) is 2. The monoisotopic (exact) mass is 443 g/mol. The van der Waals surface area contributed by atoms with Crippen LogP contribution in [0, 0.1) is 13.8 Å². The van der Waals surface area contributed by atoms with Crippen molar-refractivity contribution in [1.29, 1.82) is 0 Å². The first-order valence-corrected chi connectivity index (χ1v) is 10.8. The van der Waals surface area contributed by atoms with E-state index >= 15 is 0 Å². The Morgan fingerprint density at radius 2 is 1.69 bits per heavy atom. The second-order valence-electron chi connectivity index (χ2n) is 8.17. The highest BCUT2D eigenvalue weighted by Gasteiger charge is 2.22. The number of phenolic OH excluding ortho intramolecular Hbond substituents is 1. The van der Waals surface area contributed by atoms with E-state index in [0.717, 1.165) is 43.0 Å². The molecule has 2 aromatic carbocycles. The van der Waals surface area contributed by atoms with Crippen molar-refractivity contribution >= 4 is 11.6 Å². The summed E-state index contributed by atoms with van der Waals surface area (Å²) in [5.74, 6) is 0.615. The molecule has 1 amide bonds. The molecule has 32 heavy (non-hydrogen) atoms. The number of β-amino-alcohol motifs (C(OH)–C–C–N with tert-alkyl or cyclic N) is 1. The van der Waals surface area contributed by atoms with Gasteiger partial charge >= 0.3 is 0 Å². The first-order valence-electron chi connectivity index (χ1n) is 10.8. The fourth-order valence-electron chi connectivity index (χ4n) is 3.86. The molecule has 1 atom stereocenters. The summed E-state index contributed by atoms with van der Waals surface area (Å²) in [6, 6.07) is 10.8. The van der Waals surface area contributed by atoms with Crippen molar-refractivity contribution in [2.24, 2.45) is 0 Å². The van der Waals surface area contributed by atoms with Crippen LogP contribution in [-0.2, 0) is 4.79 Å². The van der Waals surface area contributed by atoms with Gasteiger partial charge in [-0.2, -0.15) is 0 Å². The maximum absolute atomic E-state index is 12.5. The number of anilines is 1. The lowest BCUT2D eigenvalue weighted by Crippen LogP contribution is -2.50. The number of piperazine rings is 1. The van der Waals surface area contributed by atoms with Crippen molar-refractivity contribution in [3.8, 4) is 17.2 Å². The summed E-state index contributed by atoms with van der Waals surface area (Å²) >= 11 is 0. The Morgan fingerprint density at radius 3 is 2.34 bits per heavy atom. The van der Waals surface area contributed by atoms with E-state index in [1.807, 2.05) is 32.0 Å². The molecule has 2 aromatic rings. The third-order valence-corrected chi connectivity index (χ3v) is 5.64. The highest BCUT2D eigenvalue weighted by molar-refractivity contribution is 5.93. The van der Waals surface area contributed by atoms with Crippen LogP contribution in [0.3, 0.4) is 0 Å². The molecule has 174 valence electrons. The molecule has 1 fully saturated rings. The summed E-state index contributed by atoms with van der Waals surface area (Å²) < 4.78 is 10.8. The lowest BCUT2D eigenvalue weighted by atomic mass is 10.1. The van der Waals surface area contributed by atoms with Crippen molar-refractivity contribution in [2.75, 3.05) is 58.3 Å². The number of aliphatic hydroxyl groups is 1. The van der Waals surface area contributed by atoms with Crippen molar-refractivity contribution in [3.05, 3.63) is 47.5 Å². The number of aryl methyl sites for hydroxylation is 2. The zero-order chi connectivity index (χ0) is 23.1. The summed E-state index contributed by atoms with van der Waals surface area (Å²) in [5, 5.41) is 23.4. The molecule has 0 spiro atoms. The minimum absolute atomic E-state index is 0.0131. The van der Waals surface area contributed by atoms with Crippen LogP contribution in [0.4, 0.5) is 5.69 Å². The number of methoxy groups -OCH3 is 1. The Labute approximate surface area is 189 Å². The average Bonchev–Trinajstić information content (AvgIpc) is 2.76. The molecular weight excluding hydrogens is 410 g/mol. The van der Waals surface area contributed by atoms with Gasteiger partial charge in [0.15, 0.2) is 11.5 Å². The second kappa shape index (κ2) is 11.2. The standard InChI is InChI=1S/C24H33N3O5/c1-17-6-4-7-18(2)23(17)25-22(30)15-27-12-10-26(11-13-27)14-19(28)16-32-24-20(29)8-5-9-21(24)31-3/h4-9,19,28-29H,10-16H2,1-3H3,(H,25,30). The van der Waals surface area contributed by atoms with Gasteiger partial charge in [-0.15, -0.1) is 0 Å². The Kier molecular flexibility index (Phi) is 8.33. The number of carbonyl (C=O) groups is 1. The minimum Gasteiger partial charge on any atom is -0.504 e. The van der Waals surface area contributed by atoms with Gasteiger partial charge in [0.2, 0.25) is 11.7 Å². The van der Waals surface area contributed by atoms with Crippen molar-refractivity contribution < 1.29 is 24.5 Å². The molecular formula is C24H33N3O5. The lowest BCUT2D eigenvalue weighted by molar-refractivity contribution is -0.117. The largest absolute Gasteiger partial charge is 0.504 e. The Hall–Kier alpha value is -2.81. The van der Waals surface area contributed by atoms with Crippen LogP contribution < -0.4 is 14.8 Å². The van der Waals surface area contributed by atoms with Crippen LogP contribution in [0.25, 0.3) is 0 Å². The fraction of sp³-hybridized carbons (Fsp3) is 0.458. The number of carbonyl (C=O) groups excluding carboxylic acids is 1. The number of amides is 1.